The summed E-state index contributed by atoms with van der Waals surface area (Å²) in [6.45, 7) is 6.64. The lowest BCUT2D eigenvalue weighted by Crippen LogP contribution is -2.28. The number of hydrogen-bond donors (Lipinski definition) is 1. The van der Waals surface area contributed by atoms with Crippen molar-refractivity contribution in [3.05, 3.63) is 6.10 Å². The lowest BCUT2D eigenvalue weighted by Gasteiger charge is -2.35. The maximum atomic E-state index is 9.63. The quantitative estimate of drug-likeness (QED) is 0.617. The third kappa shape index (κ3) is 1.96. The molecule has 1 aliphatic carbocycles. The molecule has 11 heavy (non-hydrogen) atoms. The van der Waals surface area contributed by atoms with Gasteiger partial charge in [0.05, 0.1) is 6.10 Å². The first-order valence-corrected chi connectivity index (χ1v) is 4.67. The standard InChI is InChI=1S/C10H19O/c1-7(2)10-8(3)5-4-6-9(10)11/h7-8,10-11H,4-6H2,1-3H3. The summed E-state index contributed by atoms with van der Waals surface area (Å²) < 4.78 is 0. The smallest absolute Gasteiger partial charge is 0.0969 e. The molecular formula is C10H19O. The molecule has 1 rings (SSSR count). The van der Waals surface area contributed by atoms with E-state index in [1.54, 1.807) is 0 Å². The summed E-state index contributed by atoms with van der Waals surface area (Å²) in [4.78, 5) is 0. The van der Waals surface area contributed by atoms with Gasteiger partial charge in [0.15, 0.2) is 0 Å². The van der Waals surface area contributed by atoms with Crippen LogP contribution in [0.25, 0.3) is 0 Å². The van der Waals surface area contributed by atoms with Gasteiger partial charge in [0.25, 0.3) is 0 Å². The van der Waals surface area contributed by atoms with E-state index < -0.39 is 0 Å². The largest absolute Gasteiger partial charge is 0.387 e. The van der Waals surface area contributed by atoms with Gasteiger partial charge in [-0.3, -0.25) is 0 Å². The molecule has 0 heterocycles. The van der Waals surface area contributed by atoms with Crippen LogP contribution >= 0.6 is 0 Å². The molecule has 1 N–H and O–H groups in total. The van der Waals surface area contributed by atoms with Gasteiger partial charge in [-0.15, -0.1) is 0 Å². The number of aliphatic hydroxyl groups excluding tert-OH is 1. The molecule has 0 bridgehead atoms. The molecule has 0 aromatic rings. The highest BCUT2D eigenvalue weighted by atomic mass is 16.3. The molecule has 1 heteroatoms. The highest BCUT2D eigenvalue weighted by Gasteiger charge is 2.31. The van der Waals surface area contributed by atoms with Crippen molar-refractivity contribution in [2.45, 2.75) is 40.0 Å². The first-order valence-electron chi connectivity index (χ1n) is 4.67. The number of rotatable bonds is 1. The molecule has 0 amide bonds. The maximum absolute atomic E-state index is 9.63. The van der Waals surface area contributed by atoms with Crippen molar-refractivity contribution in [2.75, 3.05) is 0 Å². The third-order valence-corrected chi connectivity index (χ3v) is 2.81. The summed E-state index contributed by atoms with van der Waals surface area (Å²) in [5.41, 5.74) is 0. The molecule has 0 aliphatic heterocycles. The number of hydrogen-bond acceptors (Lipinski definition) is 1. The lowest BCUT2D eigenvalue weighted by molar-refractivity contribution is 0.101. The van der Waals surface area contributed by atoms with Gasteiger partial charge >= 0.3 is 0 Å². The van der Waals surface area contributed by atoms with Gasteiger partial charge in [-0.05, 0) is 24.2 Å². The normalized spacial score (nSPS) is 34.6. The molecule has 2 atom stereocenters. The van der Waals surface area contributed by atoms with Crippen LogP contribution in [0.4, 0.5) is 0 Å². The molecule has 0 spiro atoms. The van der Waals surface area contributed by atoms with Crippen LogP contribution in [0.15, 0.2) is 0 Å². The van der Waals surface area contributed by atoms with Crippen LogP contribution in [0.1, 0.15) is 40.0 Å². The highest BCUT2D eigenvalue weighted by molar-refractivity contribution is 4.93. The van der Waals surface area contributed by atoms with Crippen molar-refractivity contribution in [1.29, 1.82) is 0 Å². The third-order valence-electron chi connectivity index (χ3n) is 2.81. The zero-order chi connectivity index (χ0) is 8.43. The second kappa shape index (κ2) is 3.57. The van der Waals surface area contributed by atoms with E-state index in [-0.39, 0.29) is 0 Å². The van der Waals surface area contributed by atoms with Crippen molar-refractivity contribution in [3.8, 4) is 0 Å². The predicted octanol–water partition coefficient (Wildman–Crippen LogP) is 2.98. The Labute approximate surface area is 69.8 Å². The average Bonchev–Trinajstić information content (AvgIpc) is 1.85. The summed E-state index contributed by atoms with van der Waals surface area (Å²) in [7, 11) is 0. The van der Waals surface area contributed by atoms with Crippen LogP contribution in [-0.4, -0.2) is 5.11 Å². The summed E-state index contributed by atoms with van der Waals surface area (Å²) in [6.07, 6.45) is 4.15. The van der Waals surface area contributed by atoms with E-state index in [9.17, 15) is 5.11 Å². The van der Waals surface area contributed by atoms with Gasteiger partial charge in [0.1, 0.15) is 0 Å². The van der Waals surface area contributed by atoms with Crippen molar-refractivity contribution in [3.63, 3.8) is 0 Å². The predicted molar refractivity (Wildman–Crippen MR) is 46.5 cm³/mol. The Morgan fingerprint density at radius 1 is 1.45 bits per heavy atom. The molecule has 1 fully saturated rings. The minimum absolute atomic E-state index is 0.462. The van der Waals surface area contributed by atoms with Crippen LogP contribution in [0.3, 0.4) is 0 Å². The molecule has 1 saturated carbocycles. The van der Waals surface area contributed by atoms with Crippen LogP contribution in [0.2, 0.25) is 0 Å². The molecular weight excluding hydrogens is 136 g/mol. The molecule has 0 saturated heterocycles. The summed E-state index contributed by atoms with van der Waals surface area (Å²) in [5.74, 6) is 1.75. The SMILES string of the molecule is CC(C)C1[C](O)CCCC1C. The first-order chi connectivity index (χ1) is 5.13. The van der Waals surface area contributed by atoms with Gasteiger partial charge in [-0.2, -0.15) is 0 Å². The fraction of sp³-hybridized carbons (Fsp3) is 0.900. The zero-order valence-corrected chi connectivity index (χ0v) is 7.80. The Balaban J connectivity index is 2.55. The lowest BCUT2D eigenvalue weighted by atomic mass is 9.73. The van der Waals surface area contributed by atoms with E-state index in [1.807, 2.05) is 0 Å². The number of aliphatic hydroxyl groups is 1. The van der Waals surface area contributed by atoms with Crippen LogP contribution in [0.5, 0.6) is 0 Å². The molecule has 0 aromatic carbocycles. The van der Waals surface area contributed by atoms with E-state index in [0.717, 1.165) is 12.5 Å². The van der Waals surface area contributed by atoms with Crippen LogP contribution in [-0.2, 0) is 0 Å². The monoisotopic (exact) mass is 155 g/mol. The molecule has 2 unspecified atom stereocenters. The van der Waals surface area contributed by atoms with E-state index in [1.165, 1.54) is 12.8 Å². The summed E-state index contributed by atoms with van der Waals surface area (Å²) in [5, 5.41) is 9.63. The Hall–Kier alpha value is -0.0400. The minimum Gasteiger partial charge on any atom is -0.387 e. The molecule has 1 aliphatic rings. The Bertz CT molecular complexity index is 110. The minimum atomic E-state index is 0.462. The van der Waals surface area contributed by atoms with E-state index in [2.05, 4.69) is 20.8 Å². The van der Waals surface area contributed by atoms with E-state index in [4.69, 9.17) is 0 Å². The fourth-order valence-corrected chi connectivity index (χ4v) is 2.32. The average molecular weight is 155 g/mol. The van der Waals surface area contributed by atoms with Gasteiger partial charge in [-0.25, -0.2) is 0 Å². The molecule has 1 nitrogen and oxygen atoms in total. The van der Waals surface area contributed by atoms with E-state index in [0.29, 0.717) is 17.8 Å². The molecule has 65 valence electrons. The van der Waals surface area contributed by atoms with Crippen molar-refractivity contribution in [2.24, 2.45) is 17.8 Å². The van der Waals surface area contributed by atoms with Crippen LogP contribution < -0.4 is 0 Å². The second-order valence-corrected chi connectivity index (χ2v) is 4.13. The summed E-state index contributed by atoms with van der Waals surface area (Å²) >= 11 is 0. The summed E-state index contributed by atoms with van der Waals surface area (Å²) in [6, 6.07) is 0. The van der Waals surface area contributed by atoms with Crippen LogP contribution in [0, 0.1) is 23.9 Å². The van der Waals surface area contributed by atoms with Gasteiger partial charge in [0.2, 0.25) is 0 Å². The maximum Gasteiger partial charge on any atom is 0.0969 e. The van der Waals surface area contributed by atoms with Crippen molar-refractivity contribution >= 4 is 0 Å². The Morgan fingerprint density at radius 3 is 2.45 bits per heavy atom. The zero-order valence-electron chi connectivity index (χ0n) is 7.80. The highest BCUT2D eigenvalue weighted by Crippen LogP contribution is 2.38. The second-order valence-electron chi connectivity index (χ2n) is 4.13. The van der Waals surface area contributed by atoms with Crippen molar-refractivity contribution in [1.82, 2.24) is 0 Å². The molecule has 0 aromatic heterocycles. The fourth-order valence-electron chi connectivity index (χ4n) is 2.32. The topological polar surface area (TPSA) is 20.2 Å². The van der Waals surface area contributed by atoms with Gasteiger partial charge in [0, 0.05) is 0 Å². The van der Waals surface area contributed by atoms with Gasteiger partial charge in [-0.1, -0.05) is 33.6 Å². The van der Waals surface area contributed by atoms with Gasteiger partial charge < -0.3 is 5.11 Å². The Morgan fingerprint density at radius 2 is 2.09 bits per heavy atom. The molecule has 1 radical (unpaired) electrons. The van der Waals surface area contributed by atoms with Crippen molar-refractivity contribution < 1.29 is 5.11 Å². The Kier molecular flexibility index (Phi) is 2.94. The first kappa shape index (κ1) is 9.05. The van der Waals surface area contributed by atoms with E-state index >= 15 is 0 Å².